The summed E-state index contributed by atoms with van der Waals surface area (Å²) >= 11 is 6.42. The molecule has 1 aliphatic carbocycles. The number of nitrogens with zero attached hydrogens (tertiary/aromatic N) is 4. The molecule has 9 heteroatoms. The number of benzene rings is 2. The number of aryl methyl sites for hydroxylation is 1. The number of aromatic nitrogens is 2. The van der Waals surface area contributed by atoms with Crippen molar-refractivity contribution in [3.8, 4) is 5.69 Å². The molecule has 0 bridgehead atoms. The number of hydrogen-bond donors (Lipinski definition) is 0. The van der Waals surface area contributed by atoms with Crippen molar-refractivity contribution in [3.63, 3.8) is 0 Å². The number of fused-ring (bicyclic) bond motifs is 1. The van der Waals surface area contributed by atoms with Gasteiger partial charge in [0.15, 0.2) is 0 Å². The number of sulfonamides is 1. The molecular formula is C24H23ClN4O3S. The molecule has 2 aromatic carbocycles. The number of hydrogen-bond acceptors (Lipinski definition) is 5. The van der Waals surface area contributed by atoms with Crippen LogP contribution in [0.2, 0.25) is 5.02 Å². The van der Waals surface area contributed by atoms with Crippen LogP contribution >= 0.6 is 11.6 Å². The lowest BCUT2D eigenvalue weighted by molar-refractivity contribution is 0.387. The van der Waals surface area contributed by atoms with Crippen molar-refractivity contribution >= 4 is 33.4 Å². The average molecular weight is 483 g/mol. The first kappa shape index (κ1) is 21.9. The van der Waals surface area contributed by atoms with Crippen molar-refractivity contribution in [1.29, 1.82) is 0 Å². The highest BCUT2D eigenvalue weighted by Gasteiger charge is 2.32. The van der Waals surface area contributed by atoms with E-state index >= 15 is 0 Å². The van der Waals surface area contributed by atoms with E-state index in [9.17, 15) is 13.2 Å². The smallest absolute Gasteiger partial charge is 0.292 e. The van der Waals surface area contributed by atoms with Crippen LogP contribution in [0.25, 0.3) is 11.8 Å². The van der Waals surface area contributed by atoms with Crippen molar-refractivity contribution in [2.75, 3.05) is 31.1 Å². The monoisotopic (exact) mass is 482 g/mol. The van der Waals surface area contributed by atoms with Gasteiger partial charge < -0.3 is 4.90 Å². The van der Waals surface area contributed by atoms with Gasteiger partial charge in [-0.25, -0.2) is 8.42 Å². The second kappa shape index (κ2) is 8.78. The highest BCUT2D eigenvalue weighted by Crippen LogP contribution is 2.30. The molecular weight excluding hydrogens is 460 g/mol. The summed E-state index contributed by atoms with van der Waals surface area (Å²) in [4.78, 5) is 15.2. The third-order valence-electron chi connectivity index (χ3n) is 6.16. The van der Waals surface area contributed by atoms with E-state index in [1.807, 2.05) is 47.4 Å². The second-order valence-electron chi connectivity index (χ2n) is 8.10. The molecule has 0 spiro atoms. The Morgan fingerprint density at radius 1 is 0.879 bits per heavy atom. The molecule has 0 atom stereocenters. The molecule has 1 aliphatic heterocycles. The summed E-state index contributed by atoms with van der Waals surface area (Å²) < 4.78 is 29.3. The molecule has 7 nitrogen and oxygen atoms in total. The van der Waals surface area contributed by atoms with Gasteiger partial charge in [0, 0.05) is 26.2 Å². The van der Waals surface area contributed by atoms with Crippen molar-refractivity contribution in [3.05, 3.63) is 92.2 Å². The quantitative estimate of drug-likeness (QED) is 0.570. The lowest BCUT2D eigenvalue weighted by Gasteiger charge is -2.36. The molecule has 0 saturated carbocycles. The summed E-state index contributed by atoms with van der Waals surface area (Å²) in [7, 11) is -3.54. The minimum absolute atomic E-state index is 0.0803. The van der Waals surface area contributed by atoms with Crippen LogP contribution in [0, 0.1) is 0 Å². The summed E-state index contributed by atoms with van der Waals surface area (Å²) in [5.74, 6) is 0. The largest absolute Gasteiger partial charge is 0.366 e. The first-order chi connectivity index (χ1) is 15.9. The number of rotatable bonds is 4. The van der Waals surface area contributed by atoms with E-state index in [2.05, 4.69) is 5.10 Å². The Balaban J connectivity index is 1.33. The van der Waals surface area contributed by atoms with Gasteiger partial charge >= 0.3 is 0 Å². The topological polar surface area (TPSA) is 75.5 Å². The average Bonchev–Trinajstić information content (AvgIpc) is 2.86. The molecule has 0 unspecified atom stereocenters. The fraction of sp³-hybridized carbons (Fsp3) is 0.250. The second-order valence-corrected chi connectivity index (χ2v) is 10.5. The minimum atomic E-state index is -3.54. The normalized spacial score (nSPS) is 16.9. The fourth-order valence-electron chi connectivity index (χ4n) is 4.34. The number of allylic oxidation sites excluding steroid dienone is 1. The van der Waals surface area contributed by atoms with Gasteiger partial charge in [-0.05, 0) is 42.2 Å². The van der Waals surface area contributed by atoms with Crippen molar-refractivity contribution < 1.29 is 8.42 Å². The van der Waals surface area contributed by atoms with Crippen LogP contribution in [0.1, 0.15) is 17.5 Å². The van der Waals surface area contributed by atoms with E-state index in [0.29, 0.717) is 48.9 Å². The number of piperazine rings is 1. The van der Waals surface area contributed by atoms with Gasteiger partial charge in [-0.15, -0.1) is 0 Å². The molecule has 0 radical (unpaired) electrons. The number of anilines is 1. The van der Waals surface area contributed by atoms with Gasteiger partial charge in [0.05, 0.1) is 22.5 Å². The summed E-state index contributed by atoms with van der Waals surface area (Å²) in [6.45, 7) is 1.50. The van der Waals surface area contributed by atoms with E-state index in [1.54, 1.807) is 24.4 Å². The predicted molar refractivity (Wildman–Crippen MR) is 130 cm³/mol. The maximum Gasteiger partial charge on any atom is 0.292 e. The Kier molecular flexibility index (Phi) is 5.82. The van der Waals surface area contributed by atoms with E-state index in [4.69, 9.17) is 11.6 Å². The summed E-state index contributed by atoms with van der Waals surface area (Å²) in [5, 5.41) is 4.36. The molecule has 0 amide bonds. The highest BCUT2D eigenvalue weighted by atomic mass is 35.5. The molecule has 3 aromatic rings. The number of para-hydroxylation sites is 1. The minimum Gasteiger partial charge on any atom is -0.366 e. The Hall–Kier alpha value is -2.94. The standard InChI is InChI=1S/C24H23ClN4O3S/c25-23-22(17-26-29(24(23)30)20-8-2-1-3-9-20)27-12-14-28(15-13-27)33(31,32)21-11-10-18-6-4-5-7-19(18)16-21/h1-9,16-17H,10-15H2. The summed E-state index contributed by atoms with van der Waals surface area (Å²) in [5.41, 5.74) is 2.90. The zero-order valence-corrected chi connectivity index (χ0v) is 19.5. The van der Waals surface area contributed by atoms with Gasteiger partial charge in [-0.2, -0.15) is 14.1 Å². The molecule has 0 N–H and O–H groups in total. The summed E-state index contributed by atoms with van der Waals surface area (Å²) in [6.07, 6.45) is 4.60. The van der Waals surface area contributed by atoms with Crippen LogP contribution in [0.5, 0.6) is 0 Å². The molecule has 1 aromatic heterocycles. The predicted octanol–water partition coefficient (Wildman–Crippen LogP) is 3.33. The van der Waals surface area contributed by atoms with Crippen LogP contribution in [-0.2, 0) is 16.4 Å². The summed E-state index contributed by atoms with van der Waals surface area (Å²) in [6, 6.07) is 17.0. The molecule has 1 fully saturated rings. The molecule has 5 rings (SSSR count). The van der Waals surface area contributed by atoms with Crippen LogP contribution < -0.4 is 10.5 Å². The molecule has 2 heterocycles. The van der Waals surface area contributed by atoms with Crippen LogP contribution in [0.4, 0.5) is 5.69 Å². The van der Waals surface area contributed by atoms with E-state index in [0.717, 1.165) is 12.0 Å². The maximum atomic E-state index is 13.3. The zero-order chi connectivity index (χ0) is 23.0. The Labute approximate surface area is 197 Å². The highest BCUT2D eigenvalue weighted by molar-refractivity contribution is 7.93. The lowest BCUT2D eigenvalue weighted by Crippen LogP contribution is -2.49. The third-order valence-corrected chi connectivity index (χ3v) is 8.55. The van der Waals surface area contributed by atoms with E-state index in [1.165, 1.54) is 14.6 Å². The van der Waals surface area contributed by atoms with E-state index < -0.39 is 15.6 Å². The Bertz CT molecular complexity index is 1380. The van der Waals surface area contributed by atoms with Crippen molar-refractivity contribution in [2.45, 2.75) is 12.8 Å². The van der Waals surface area contributed by atoms with Gasteiger partial charge in [-0.1, -0.05) is 54.1 Å². The van der Waals surface area contributed by atoms with Crippen LogP contribution in [0.15, 0.2) is 70.5 Å². The van der Waals surface area contributed by atoms with Crippen LogP contribution in [-0.4, -0.2) is 48.7 Å². The first-order valence-corrected chi connectivity index (χ1v) is 12.6. The van der Waals surface area contributed by atoms with Crippen molar-refractivity contribution in [1.82, 2.24) is 14.1 Å². The molecule has 1 saturated heterocycles. The Morgan fingerprint density at radius 2 is 1.58 bits per heavy atom. The molecule has 33 heavy (non-hydrogen) atoms. The van der Waals surface area contributed by atoms with Gasteiger partial charge in [0.25, 0.3) is 5.56 Å². The fourth-order valence-corrected chi connectivity index (χ4v) is 6.20. The maximum absolute atomic E-state index is 13.3. The number of halogens is 1. The SMILES string of the molecule is O=c1c(Cl)c(N2CCN(S(=O)(=O)C3=Cc4ccccc4CC3)CC2)cnn1-c1ccccc1. The van der Waals surface area contributed by atoms with Crippen LogP contribution in [0.3, 0.4) is 0 Å². The van der Waals surface area contributed by atoms with E-state index in [-0.39, 0.29) is 5.02 Å². The zero-order valence-electron chi connectivity index (χ0n) is 17.9. The lowest BCUT2D eigenvalue weighted by atomic mass is 9.98. The van der Waals surface area contributed by atoms with Gasteiger partial charge in [0.2, 0.25) is 10.0 Å². The van der Waals surface area contributed by atoms with Gasteiger partial charge in [-0.3, -0.25) is 4.79 Å². The first-order valence-electron chi connectivity index (χ1n) is 10.8. The molecule has 2 aliphatic rings. The third kappa shape index (κ3) is 4.10. The molecule has 170 valence electrons. The van der Waals surface area contributed by atoms with Crippen molar-refractivity contribution in [2.24, 2.45) is 0 Å². The van der Waals surface area contributed by atoms with Gasteiger partial charge in [0.1, 0.15) is 5.02 Å². The Morgan fingerprint density at radius 3 is 2.33 bits per heavy atom.